The van der Waals surface area contributed by atoms with Crippen molar-refractivity contribution in [2.75, 3.05) is 5.32 Å². The summed E-state index contributed by atoms with van der Waals surface area (Å²) in [5.74, 6) is -2.24. The van der Waals surface area contributed by atoms with Crippen molar-refractivity contribution in [2.24, 2.45) is 5.41 Å². The van der Waals surface area contributed by atoms with E-state index in [0.717, 1.165) is 6.07 Å². The first kappa shape index (κ1) is 16.9. The molecular weight excluding hydrogens is 345 g/mol. The van der Waals surface area contributed by atoms with Gasteiger partial charge >= 0.3 is 0 Å². The Morgan fingerprint density at radius 1 is 1.07 bits per heavy atom. The Morgan fingerprint density at radius 3 is 2.44 bits per heavy atom. The van der Waals surface area contributed by atoms with Gasteiger partial charge in [0.25, 0.3) is 0 Å². The zero-order chi connectivity index (χ0) is 19.2. The lowest BCUT2D eigenvalue weighted by Crippen LogP contribution is -2.56. The maximum Gasteiger partial charge on any atom is 0.238 e. The third-order valence-electron chi connectivity index (χ3n) is 5.72. The molecule has 1 heterocycles. The molecule has 2 aromatic carbocycles. The van der Waals surface area contributed by atoms with Crippen molar-refractivity contribution in [1.82, 2.24) is 0 Å². The van der Waals surface area contributed by atoms with Gasteiger partial charge in [-0.1, -0.05) is 30.3 Å². The maximum atomic E-state index is 14.0. The van der Waals surface area contributed by atoms with Crippen LogP contribution in [-0.2, 0) is 15.0 Å². The van der Waals surface area contributed by atoms with Crippen molar-refractivity contribution < 1.29 is 14.0 Å². The van der Waals surface area contributed by atoms with E-state index < -0.39 is 28.5 Å². The summed E-state index contributed by atoms with van der Waals surface area (Å²) in [5, 5.41) is 22.9. The summed E-state index contributed by atoms with van der Waals surface area (Å²) in [7, 11) is 0. The van der Waals surface area contributed by atoms with Gasteiger partial charge in [-0.3, -0.25) is 9.59 Å². The van der Waals surface area contributed by atoms with Crippen LogP contribution >= 0.6 is 0 Å². The second kappa shape index (κ2) is 5.75. The zero-order valence-corrected chi connectivity index (χ0v) is 14.2. The molecule has 1 aliphatic heterocycles. The van der Waals surface area contributed by atoms with E-state index in [2.05, 4.69) is 17.5 Å². The molecule has 0 radical (unpaired) electrons. The van der Waals surface area contributed by atoms with Crippen molar-refractivity contribution in [3.05, 3.63) is 65.5 Å². The van der Waals surface area contributed by atoms with E-state index in [-0.39, 0.29) is 24.2 Å². The number of hydrogen-bond donors (Lipinski definition) is 1. The van der Waals surface area contributed by atoms with Crippen LogP contribution in [0.1, 0.15) is 29.9 Å². The molecule has 1 fully saturated rings. The van der Waals surface area contributed by atoms with Gasteiger partial charge in [-0.2, -0.15) is 10.5 Å². The molecule has 6 heteroatoms. The Labute approximate surface area is 155 Å². The molecule has 1 spiro atoms. The number of halogens is 1. The number of ketones is 1. The number of anilines is 1. The number of nitrogens with zero attached hydrogens (tertiary/aromatic N) is 2. The fourth-order valence-corrected chi connectivity index (χ4v) is 4.51. The van der Waals surface area contributed by atoms with Crippen LogP contribution in [0.2, 0.25) is 0 Å². The standard InChI is InChI=1S/C21H14FN3O2/c22-14-6-7-18-17(8-14)21(19(27)25-18)10-15(26)9-16(20(21,11-23)12-24)13-4-2-1-3-5-13/h1-8,16H,9-10H2,(H,25,27)/t16-,21-/m1/s1. The minimum absolute atomic E-state index is 0.0230. The molecule has 0 saturated heterocycles. The van der Waals surface area contributed by atoms with E-state index in [4.69, 9.17) is 0 Å². The molecule has 1 amide bonds. The van der Waals surface area contributed by atoms with Crippen molar-refractivity contribution in [2.45, 2.75) is 24.2 Å². The Balaban J connectivity index is 2.05. The first-order valence-corrected chi connectivity index (χ1v) is 8.49. The van der Waals surface area contributed by atoms with Gasteiger partial charge in [0.05, 0.1) is 12.1 Å². The number of carbonyl (C=O) groups is 2. The highest BCUT2D eigenvalue weighted by Gasteiger charge is 2.68. The molecule has 4 rings (SSSR count). The molecule has 27 heavy (non-hydrogen) atoms. The minimum atomic E-state index is -1.84. The quantitative estimate of drug-likeness (QED) is 0.846. The number of nitrogens with one attached hydrogen (secondary N) is 1. The molecule has 0 aromatic heterocycles. The normalized spacial score (nSPS) is 25.4. The molecule has 2 atom stereocenters. The predicted octanol–water partition coefficient (Wildman–Crippen LogP) is 3.20. The SMILES string of the molecule is N#CC1(C#N)[C@@H](c2ccccc2)CC(=O)C[C@@]12C(=O)Nc1ccc(F)cc12. The lowest BCUT2D eigenvalue weighted by Gasteiger charge is -2.46. The monoisotopic (exact) mass is 359 g/mol. The molecule has 2 aliphatic rings. The summed E-state index contributed by atoms with van der Waals surface area (Å²) < 4.78 is 14.0. The Bertz CT molecular complexity index is 1040. The van der Waals surface area contributed by atoms with E-state index in [9.17, 15) is 24.5 Å². The first-order chi connectivity index (χ1) is 13.0. The molecule has 5 nitrogen and oxygen atoms in total. The number of fused-ring (bicyclic) bond motifs is 2. The molecule has 1 saturated carbocycles. The Kier molecular flexibility index (Phi) is 3.61. The van der Waals surface area contributed by atoms with Crippen LogP contribution in [0.3, 0.4) is 0 Å². The number of Topliss-reactive ketones (excluding diaryl/α,β-unsaturated/α-hetero) is 1. The topological polar surface area (TPSA) is 93.8 Å². The summed E-state index contributed by atoms with van der Waals surface area (Å²) in [5.41, 5.74) is -2.43. The average molecular weight is 359 g/mol. The van der Waals surface area contributed by atoms with Gasteiger partial charge in [0, 0.05) is 24.4 Å². The van der Waals surface area contributed by atoms with Crippen molar-refractivity contribution >= 4 is 17.4 Å². The maximum absolute atomic E-state index is 14.0. The smallest absolute Gasteiger partial charge is 0.238 e. The van der Waals surface area contributed by atoms with Gasteiger partial charge in [-0.05, 0) is 29.3 Å². The van der Waals surface area contributed by atoms with Gasteiger partial charge in [-0.15, -0.1) is 0 Å². The largest absolute Gasteiger partial charge is 0.325 e. The average Bonchev–Trinajstić information content (AvgIpc) is 2.95. The van der Waals surface area contributed by atoms with E-state index in [1.165, 1.54) is 12.1 Å². The van der Waals surface area contributed by atoms with Crippen molar-refractivity contribution in [3.8, 4) is 12.1 Å². The van der Waals surface area contributed by atoms with Crippen LogP contribution in [-0.4, -0.2) is 11.7 Å². The summed E-state index contributed by atoms with van der Waals surface area (Å²) in [6.07, 6.45) is -0.329. The van der Waals surface area contributed by atoms with Gasteiger partial charge < -0.3 is 5.32 Å². The van der Waals surface area contributed by atoms with E-state index in [1.807, 2.05) is 0 Å². The van der Waals surface area contributed by atoms with Crippen LogP contribution in [0.25, 0.3) is 0 Å². The fraction of sp³-hybridized carbons (Fsp3) is 0.238. The third-order valence-corrected chi connectivity index (χ3v) is 5.72. The highest BCUT2D eigenvalue weighted by molar-refractivity contribution is 6.11. The highest BCUT2D eigenvalue weighted by Crippen LogP contribution is 2.61. The summed E-state index contributed by atoms with van der Waals surface area (Å²) in [4.78, 5) is 25.8. The van der Waals surface area contributed by atoms with E-state index in [1.54, 1.807) is 30.3 Å². The van der Waals surface area contributed by atoms with Crippen LogP contribution in [0.4, 0.5) is 10.1 Å². The lowest BCUT2D eigenvalue weighted by atomic mass is 9.49. The second-order valence-electron chi connectivity index (χ2n) is 6.96. The van der Waals surface area contributed by atoms with Crippen LogP contribution in [0, 0.1) is 33.9 Å². The Morgan fingerprint density at radius 2 is 1.78 bits per heavy atom. The first-order valence-electron chi connectivity index (χ1n) is 8.49. The second-order valence-corrected chi connectivity index (χ2v) is 6.96. The van der Waals surface area contributed by atoms with Gasteiger partial charge in [-0.25, -0.2) is 4.39 Å². The molecule has 1 N–H and O–H groups in total. The number of amides is 1. The third kappa shape index (κ3) is 2.07. The Hall–Kier alpha value is -3.51. The van der Waals surface area contributed by atoms with E-state index in [0.29, 0.717) is 11.3 Å². The van der Waals surface area contributed by atoms with Gasteiger partial charge in [0.15, 0.2) is 5.41 Å². The van der Waals surface area contributed by atoms with Crippen LogP contribution in [0.5, 0.6) is 0 Å². The number of rotatable bonds is 1. The van der Waals surface area contributed by atoms with E-state index >= 15 is 0 Å². The van der Waals surface area contributed by atoms with Crippen molar-refractivity contribution in [1.29, 1.82) is 10.5 Å². The fourth-order valence-electron chi connectivity index (χ4n) is 4.51. The number of benzene rings is 2. The van der Waals surface area contributed by atoms with Crippen LogP contribution < -0.4 is 5.32 Å². The molecule has 0 bridgehead atoms. The molecule has 0 unspecified atom stereocenters. The summed E-state index contributed by atoms with van der Waals surface area (Å²) in [6, 6.07) is 16.6. The lowest BCUT2D eigenvalue weighted by molar-refractivity contribution is -0.134. The minimum Gasteiger partial charge on any atom is -0.325 e. The van der Waals surface area contributed by atoms with Crippen LogP contribution in [0.15, 0.2) is 48.5 Å². The number of nitriles is 2. The number of hydrogen-bond acceptors (Lipinski definition) is 4. The van der Waals surface area contributed by atoms with Gasteiger partial charge in [0.2, 0.25) is 5.91 Å². The molecular formula is C21H14FN3O2. The van der Waals surface area contributed by atoms with Crippen molar-refractivity contribution in [3.63, 3.8) is 0 Å². The molecule has 2 aromatic rings. The highest BCUT2D eigenvalue weighted by atomic mass is 19.1. The zero-order valence-electron chi connectivity index (χ0n) is 14.2. The molecule has 132 valence electrons. The number of carbonyl (C=O) groups excluding carboxylic acids is 2. The predicted molar refractivity (Wildman–Crippen MR) is 93.8 cm³/mol. The van der Waals surface area contributed by atoms with Gasteiger partial charge in [0.1, 0.15) is 17.0 Å². The summed E-state index contributed by atoms with van der Waals surface area (Å²) in [6.45, 7) is 0. The summed E-state index contributed by atoms with van der Waals surface area (Å²) >= 11 is 0. The molecule has 1 aliphatic carbocycles.